The molecule has 1 aliphatic rings. The van der Waals surface area contributed by atoms with E-state index in [2.05, 4.69) is 9.72 Å². The Morgan fingerprint density at radius 3 is 2.80 bits per heavy atom. The van der Waals surface area contributed by atoms with Crippen molar-refractivity contribution in [3.8, 4) is 5.75 Å². The van der Waals surface area contributed by atoms with Gasteiger partial charge in [0.1, 0.15) is 5.56 Å². The number of pyridine rings is 1. The number of ether oxygens (including phenoxy) is 1. The van der Waals surface area contributed by atoms with Crippen molar-refractivity contribution in [2.75, 3.05) is 7.11 Å². The van der Waals surface area contributed by atoms with Crippen molar-refractivity contribution in [3.05, 3.63) is 23.0 Å². The molecule has 0 aromatic carbocycles. The van der Waals surface area contributed by atoms with Crippen molar-refractivity contribution < 1.29 is 14.6 Å². The molecule has 0 spiro atoms. The van der Waals surface area contributed by atoms with Crippen molar-refractivity contribution in [2.24, 2.45) is 0 Å². The summed E-state index contributed by atoms with van der Waals surface area (Å²) >= 11 is 0. The molecule has 0 radical (unpaired) electrons. The van der Waals surface area contributed by atoms with Crippen molar-refractivity contribution in [1.82, 2.24) is 4.98 Å². The fourth-order valence-corrected chi connectivity index (χ4v) is 1.54. The Bertz CT molecular complexity index is 411. The van der Waals surface area contributed by atoms with Gasteiger partial charge in [0, 0.05) is 11.6 Å². The van der Waals surface area contributed by atoms with Crippen molar-refractivity contribution in [3.63, 3.8) is 0 Å². The zero-order valence-corrected chi connectivity index (χ0v) is 8.78. The molecule has 0 aliphatic heterocycles. The average molecular weight is 207 g/mol. The Labute approximate surface area is 87.9 Å². The summed E-state index contributed by atoms with van der Waals surface area (Å²) in [7, 11) is 1.30. The van der Waals surface area contributed by atoms with E-state index in [1.54, 1.807) is 13.0 Å². The Balaban J connectivity index is 2.46. The first kappa shape index (κ1) is 9.96. The Kier molecular flexibility index (Phi) is 2.34. The van der Waals surface area contributed by atoms with E-state index in [4.69, 9.17) is 0 Å². The number of rotatable bonds is 2. The number of methoxy groups -OCH3 is 1. The molecule has 0 unspecified atom stereocenters. The number of carbonyl (C=O) groups excluding carboxylic acids is 1. The van der Waals surface area contributed by atoms with E-state index in [1.165, 1.54) is 7.11 Å². The number of hydrogen-bond donors (Lipinski definition) is 1. The largest absolute Gasteiger partial charge is 0.505 e. The number of hydrogen-bond acceptors (Lipinski definition) is 4. The van der Waals surface area contributed by atoms with Gasteiger partial charge >= 0.3 is 5.97 Å². The lowest BCUT2D eigenvalue weighted by Gasteiger charge is -2.07. The quantitative estimate of drug-likeness (QED) is 0.751. The van der Waals surface area contributed by atoms with Gasteiger partial charge < -0.3 is 9.84 Å². The normalized spacial score (nSPS) is 15.1. The van der Waals surface area contributed by atoms with Crippen LogP contribution in [0.2, 0.25) is 0 Å². The lowest BCUT2D eigenvalue weighted by atomic mass is 10.1. The van der Waals surface area contributed by atoms with Crippen molar-refractivity contribution >= 4 is 5.97 Å². The van der Waals surface area contributed by atoms with Crippen molar-refractivity contribution in [1.29, 1.82) is 0 Å². The first-order valence-electron chi connectivity index (χ1n) is 4.92. The highest BCUT2D eigenvalue weighted by Crippen LogP contribution is 2.40. The SMILES string of the molecule is COC(=O)c1cc(C2CC2)nc(C)c1O. The number of aromatic nitrogens is 1. The highest BCUT2D eigenvalue weighted by Gasteiger charge is 2.27. The van der Waals surface area contributed by atoms with Crippen LogP contribution in [0.3, 0.4) is 0 Å². The van der Waals surface area contributed by atoms with Crippen LogP contribution in [0.25, 0.3) is 0 Å². The van der Waals surface area contributed by atoms with Crippen LogP contribution in [0.15, 0.2) is 6.07 Å². The second kappa shape index (κ2) is 3.53. The van der Waals surface area contributed by atoms with Crippen LogP contribution < -0.4 is 0 Å². The lowest BCUT2D eigenvalue weighted by Crippen LogP contribution is -2.05. The summed E-state index contributed by atoms with van der Waals surface area (Å²) in [6.45, 7) is 1.69. The molecule has 1 N–H and O–H groups in total. The maximum Gasteiger partial charge on any atom is 0.341 e. The number of esters is 1. The first-order valence-corrected chi connectivity index (χ1v) is 4.92. The van der Waals surface area contributed by atoms with Gasteiger partial charge in [0.05, 0.1) is 12.8 Å². The van der Waals surface area contributed by atoms with Crippen LogP contribution in [-0.2, 0) is 4.74 Å². The monoisotopic (exact) mass is 207 g/mol. The molecule has 15 heavy (non-hydrogen) atoms. The van der Waals surface area contributed by atoms with Gasteiger partial charge in [0.25, 0.3) is 0 Å². The third-order valence-corrected chi connectivity index (χ3v) is 2.59. The summed E-state index contributed by atoms with van der Waals surface area (Å²) in [4.78, 5) is 15.6. The summed E-state index contributed by atoms with van der Waals surface area (Å²) in [5.41, 5.74) is 1.58. The minimum atomic E-state index is -0.514. The Hall–Kier alpha value is -1.58. The minimum absolute atomic E-state index is 0.0775. The molecule has 4 nitrogen and oxygen atoms in total. The lowest BCUT2D eigenvalue weighted by molar-refractivity contribution is 0.0597. The molecule has 1 saturated carbocycles. The number of aromatic hydroxyl groups is 1. The second-order valence-electron chi connectivity index (χ2n) is 3.79. The molecule has 4 heteroatoms. The summed E-state index contributed by atoms with van der Waals surface area (Å²) in [6.07, 6.45) is 2.22. The third kappa shape index (κ3) is 1.79. The van der Waals surface area contributed by atoms with Gasteiger partial charge in [0.2, 0.25) is 0 Å². The summed E-state index contributed by atoms with van der Waals surface area (Å²) in [5.74, 6) is -0.140. The van der Waals surface area contributed by atoms with Gasteiger partial charge in [-0.25, -0.2) is 4.79 Å². The first-order chi connectivity index (χ1) is 7.13. The van der Waals surface area contributed by atoms with Crippen LogP contribution in [-0.4, -0.2) is 23.2 Å². The molecule has 80 valence electrons. The summed E-state index contributed by atoms with van der Waals surface area (Å²) in [5, 5.41) is 9.66. The zero-order valence-electron chi connectivity index (χ0n) is 8.78. The molecule has 1 aliphatic carbocycles. The summed E-state index contributed by atoms with van der Waals surface area (Å²) < 4.78 is 4.60. The van der Waals surface area contributed by atoms with Gasteiger partial charge in [-0.2, -0.15) is 0 Å². The molecular formula is C11H13NO3. The molecule has 0 bridgehead atoms. The molecule has 1 heterocycles. The predicted octanol–water partition coefficient (Wildman–Crippen LogP) is 1.76. The molecular weight excluding hydrogens is 194 g/mol. The van der Waals surface area contributed by atoms with Crippen LogP contribution in [0, 0.1) is 6.92 Å². The highest BCUT2D eigenvalue weighted by molar-refractivity contribution is 5.92. The molecule has 0 amide bonds. The van der Waals surface area contributed by atoms with E-state index in [-0.39, 0.29) is 11.3 Å². The zero-order chi connectivity index (χ0) is 11.0. The molecule has 1 aromatic heterocycles. The minimum Gasteiger partial charge on any atom is -0.505 e. The Morgan fingerprint density at radius 1 is 1.60 bits per heavy atom. The number of nitrogens with zero attached hydrogens (tertiary/aromatic N) is 1. The second-order valence-corrected chi connectivity index (χ2v) is 3.79. The van der Waals surface area contributed by atoms with Gasteiger partial charge in [-0.3, -0.25) is 4.98 Å². The van der Waals surface area contributed by atoms with E-state index < -0.39 is 5.97 Å². The average Bonchev–Trinajstić information content (AvgIpc) is 3.04. The maximum atomic E-state index is 11.4. The van der Waals surface area contributed by atoms with Gasteiger partial charge in [-0.15, -0.1) is 0 Å². The smallest absolute Gasteiger partial charge is 0.341 e. The molecule has 0 saturated heterocycles. The molecule has 1 fully saturated rings. The van der Waals surface area contributed by atoms with Crippen LogP contribution in [0.1, 0.15) is 40.5 Å². The molecule has 0 atom stereocenters. The van der Waals surface area contributed by atoms with E-state index in [0.29, 0.717) is 11.6 Å². The van der Waals surface area contributed by atoms with E-state index in [1.807, 2.05) is 0 Å². The highest BCUT2D eigenvalue weighted by atomic mass is 16.5. The van der Waals surface area contributed by atoms with Gasteiger partial charge in [-0.1, -0.05) is 0 Å². The topological polar surface area (TPSA) is 59.4 Å². The number of carbonyl (C=O) groups is 1. The molecule has 1 aromatic rings. The van der Waals surface area contributed by atoms with Crippen molar-refractivity contribution in [2.45, 2.75) is 25.7 Å². The van der Waals surface area contributed by atoms with Gasteiger partial charge in [0.15, 0.2) is 5.75 Å². The van der Waals surface area contributed by atoms with Crippen LogP contribution >= 0.6 is 0 Å². The summed E-state index contributed by atoms with van der Waals surface area (Å²) in [6, 6.07) is 1.63. The third-order valence-electron chi connectivity index (χ3n) is 2.59. The van der Waals surface area contributed by atoms with E-state index in [0.717, 1.165) is 18.5 Å². The Morgan fingerprint density at radius 2 is 2.27 bits per heavy atom. The maximum absolute atomic E-state index is 11.4. The molecule has 2 rings (SSSR count). The van der Waals surface area contributed by atoms with E-state index >= 15 is 0 Å². The van der Waals surface area contributed by atoms with Gasteiger partial charge in [-0.05, 0) is 25.8 Å². The van der Waals surface area contributed by atoms with Crippen LogP contribution in [0.4, 0.5) is 0 Å². The van der Waals surface area contributed by atoms with E-state index in [9.17, 15) is 9.90 Å². The predicted molar refractivity (Wildman–Crippen MR) is 54.0 cm³/mol. The standard InChI is InChI=1S/C11H13NO3/c1-6-10(13)8(11(14)15-2)5-9(12-6)7-3-4-7/h5,7,13H,3-4H2,1-2H3. The number of aryl methyl sites for hydroxylation is 1. The van der Waals surface area contributed by atoms with Crippen LogP contribution in [0.5, 0.6) is 5.75 Å². The fraction of sp³-hybridized carbons (Fsp3) is 0.455. The fourth-order valence-electron chi connectivity index (χ4n) is 1.54.